The fraction of sp³-hybridized carbons (Fsp3) is 0.462. The Balaban J connectivity index is 2.37. The first kappa shape index (κ1) is 15.9. The number of rotatable bonds is 5. The summed E-state index contributed by atoms with van der Waals surface area (Å²) in [4.78, 5) is 12.8. The van der Waals surface area contributed by atoms with Crippen molar-refractivity contribution in [2.45, 2.75) is 13.0 Å². The monoisotopic (exact) mass is 331 g/mol. The standard InChI is InChI=1S/C13H19BrFN3O/c1-9(10-4-5-12(15)11(14)8-10)16-6-7-17-13(19)18(2)3/h4-5,8-9,16H,6-7H2,1-3H3,(H,17,19). The zero-order valence-electron chi connectivity index (χ0n) is 11.3. The highest BCUT2D eigenvalue weighted by Gasteiger charge is 2.08. The van der Waals surface area contributed by atoms with Gasteiger partial charge in [0.25, 0.3) is 0 Å². The molecule has 1 rings (SSSR count). The Morgan fingerprint density at radius 1 is 1.42 bits per heavy atom. The molecular formula is C13H19BrFN3O. The number of nitrogens with one attached hydrogen (secondary N) is 2. The van der Waals surface area contributed by atoms with Crippen LogP contribution in [0.15, 0.2) is 22.7 Å². The third kappa shape index (κ3) is 5.16. The molecule has 1 aromatic rings. The molecule has 2 N–H and O–H groups in total. The predicted octanol–water partition coefficient (Wildman–Crippen LogP) is 2.51. The summed E-state index contributed by atoms with van der Waals surface area (Å²) in [5.74, 6) is -0.269. The Morgan fingerprint density at radius 3 is 2.68 bits per heavy atom. The third-order valence-corrected chi connectivity index (χ3v) is 3.31. The van der Waals surface area contributed by atoms with Crippen molar-refractivity contribution in [1.82, 2.24) is 15.5 Å². The van der Waals surface area contributed by atoms with Gasteiger partial charge in [-0.15, -0.1) is 0 Å². The van der Waals surface area contributed by atoms with E-state index in [0.29, 0.717) is 17.6 Å². The summed E-state index contributed by atoms with van der Waals surface area (Å²) in [6.07, 6.45) is 0. The third-order valence-electron chi connectivity index (χ3n) is 2.70. The molecule has 0 saturated heterocycles. The SMILES string of the molecule is CC(NCCNC(=O)N(C)C)c1ccc(F)c(Br)c1. The topological polar surface area (TPSA) is 44.4 Å². The summed E-state index contributed by atoms with van der Waals surface area (Å²) in [6, 6.07) is 4.92. The highest BCUT2D eigenvalue weighted by atomic mass is 79.9. The number of carbonyl (C=O) groups excluding carboxylic acids is 1. The van der Waals surface area contributed by atoms with Crippen LogP contribution < -0.4 is 10.6 Å². The molecule has 0 saturated carbocycles. The molecule has 0 fully saturated rings. The van der Waals surface area contributed by atoms with Gasteiger partial charge in [-0.25, -0.2) is 9.18 Å². The molecule has 1 unspecified atom stereocenters. The highest BCUT2D eigenvalue weighted by molar-refractivity contribution is 9.10. The van der Waals surface area contributed by atoms with E-state index in [0.717, 1.165) is 5.56 Å². The van der Waals surface area contributed by atoms with Crippen molar-refractivity contribution in [3.63, 3.8) is 0 Å². The number of amides is 2. The van der Waals surface area contributed by atoms with Gasteiger partial charge in [-0.3, -0.25) is 0 Å². The molecule has 0 aliphatic rings. The van der Waals surface area contributed by atoms with Crippen LogP contribution in [0.1, 0.15) is 18.5 Å². The Bertz CT molecular complexity index is 440. The van der Waals surface area contributed by atoms with E-state index in [1.807, 2.05) is 6.92 Å². The van der Waals surface area contributed by atoms with Crippen molar-refractivity contribution in [1.29, 1.82) is 0 Å². The summed E-state index contributed by atoms with van der Waals surface area (Å²) in [5, 5.41) is 6.03. The number of urea groups is 1. The van der Waals surface area contributed by atoms with E-state index in [1.54, 1.807) is 26.2 Å². The maximum absolute atomic E-state index is 13.1. The second-order valence-electron chi connectivity index (χ2n) is 4.48. The Kier molecular flexibility index (Phi) is 6.24. The normalized spacial score (nSPS) is 12.1. The molecule has 0 aromatic heterocycles. The lowest BCUT2D eigenvalue weighted by Gasteiger charge is -2.16. The minimum absolute atomic E-state index is 0.0909. The average molecular weight is 332 g/mol. The smallest absolute Gasteiger partial charge is 0.316 e. The number of halogens is 2. The van der Waals surface area contributed by atoms with E-state index < -0.39 is 0 Å². The molecule has 0 aliphatic heterocycles. The van der Waals surface area contributed by atoms with Crippen molar-refractivity contribution in [2.24, 2.45) is 0 Å². The first-order valence-electron chi connectivity index (χ1n) is 6.05. The molecular weight excluding hydrogens is 313 g/mol. The fourth-order valence-electron chi connectivity index (χ4n) is 1.52. The van der Waals surface area contributed by atoms with E-state index in [-0.39, 0.29) is 17.9 Å². The molecule has 106 valence electrons. The molecule has 0 heterocycles. The highest BCUT2D eigenvalue weighted by Crippen LogP contribution is 2.20. The molecule has 19 heavy (non-hydrogen) atoms. The van der Waals surface area contributed by atoms with Gasteiger partial charge in [-0.1, -0.05) is 6.07 Å². The molecule has 4 nitrogen and oxygen atoms in total. The van der Waals surface area contributed by atoms with E-state index >= 15 is 0 Å². The van der Waals surface area contributed by atoms with Crippen LogP contribution in [-0.2, 0) is 0 Å². The molecule has 1 aromatic carbocycles. The lowest BCUT2D eigenvalue weighted by atomic mass is 10.1. The van der Waals surface area contributed by atoms with Crippen LogP contribution in [0.4, 0.5) is 9.18 Å². The second-order valence-corrected chi connectivity index (χ2v) is 5.33. The van der Waals surface area contributed by atoms with Gasteiger partial charge in [0.15, 0.2) is 0 Å². The molecule has 6 heteroatoms. The Hall–Kier alpha value is -1.14. The van der Waals surface area contributed by atoms with Crippen LogP contribution in [-0.4, -0.2) is 38.1 Å². The first-order valence-corrected chi connectivity index (χ1v) is 6.84. The molecule has 1 atom stereocenters. The molecule has 0 radical (unpaired) electrons. The quantitative estimate of drug-likeness (QED) is 0.814. The molecule has 2 amide bonds. The zero-order chi connectivity index (χ0) is 14.4. The number of nitrogens with zero attached hydrogens (tertiary/aromatic N) is 1. The van der Waals surface area contributed by atoms with Gasteiger partial charge in [0.1, 0.15) is 5.82 Å². The van der Waals surface area contributed by atoms with Crippen molar-refractivity contribution < 1.29 is 9.18 Å². The zero-order valence-corrected chi connectivity index (χ0v) is 12.9. The number of hydrogen-bond donors (Lipinski definition) is 2. The van der Waals surface area contributed by atoms with Gasteiger partial charge in [-0.2, -0.15) is 0 Å². The van der Waals surface area contributed by atoms with Gasteiger partial charge < -0.3 is 15.5 Å². The molecule has 0 bridgehead atoms. The Morgan fingerprint density at radius 2 is 2.11 bits per heavy atom. The minimum atomic E-state index is -0.269. The van der Waals surface area contributed by atoms with E-state index in [9.17, 15) is 9.18 Å². The minimum Gasteiger partial charge on any atom is -0.337 e. The van der Waals surface area contributed by atoms with Crippen LogP contribution >= 0.6 is 15.9 Å². The lowest BCUT2D eigenvalue weighted by molar-refractivity contribution is 0.217. The summed E-state index contributed by atoms with van der Waals surface area (Å²) in [6.45, 7) is 3.19. The van der Waals surface area contributed by atoms with Gasteiger partial charge in [0, 0.05) is 33.2 Å². The summed E-state index contributed by atoms with van der Waals surface area (Å²) in [7, 11) is 3.39. The average Bonchev–Trinajstić information content (AvgIpc) is 2.37. The van der Waals surface area contributed by atoms with Crippen molar-refractivity contribution in [3.05, 3.63) is 34.1 Å². The van der Waals surface area contributed by atoms with Crippen LogP contribution in [0.25, 0.3) is 0 Å². The Labute approximate surface area is 121 Å². The predicted molar refractivity (Wildman–Crippen MR) is 77.6 cm³/mol. The number of hydrogen-bond acceptors (Lipinski definition) is 2. The molecule has 0 aliphatic carbocycles. The largest absolute Gasteiger partial charge is 0.337 e. The van der Waals surface area contributed by atoms with Crippen molar-refractivity contribution in [3.8, 4) is 0 Å². The van der Waals surface area contributed by atoms with Crippen LogP contribution in [0.3, 0.4) is 0 Å². The van der Waals surface area contributed by atoms with Gasteiger partial charge in [0.05, 0.1) is 4.47 Å². The van der Waals surface area contributed by atoms with Crippen molar-refractivity contribution in [2.75, 3.05) is 27.2 Å². The van der Waals surface area contributed by atoms with Gasteiger partial charge in [-0.05, 0) is 40.5 Å². The molecule has 0 spiro atoms. The van der Waals surface area contributed by atoms with Gasteiger partial charge >= 0.3 is 6.03 Å². The first-order chi connectivity index (χ1) is 8.91. The summed E-state index contributed by atoms with van der Waals surface area (Å²) < 4.78 is 13.6. The lowest BCUT2D eigenvalue weighted by Crippen LogP contribution is -2.38. The van der Waals surface area contributed by atoms with E-state index in [2.05, 4.69) is 26.6 Å². The summed E-state index contributed by atoms with van der Waals surface area (Å²) in [5.41, 5.74) is 0.993. The summed E-state index contributed by atoms with van der Waals surface area (Å²) >= 11 is 3.17. The number of benzene rings is 1. The number of carbonyl (C=O) groups is 1. The fourth-order valence-corrected chi connectivity index (χ4v) is 1.91. The van der Waals surface area contributed by atoms with Crippen LogP contribution in [0.5, 0.6) is 0 Å². The van der Waals surface area contributed by atoms with Gasteiger partial charge in [0.2, 0.25) is 0 Å². The maximum Gasteiger partial charge on any atom is 0.316 e. The maximum atomic E-state index is 13.1. The van der Waals surface area contributed by atoms with E-state index in [4.69, 9.17) is 0 Å². The van der Waals surface area contributed by atoms with Crippen LogP contribution in [0, 0.1) is 5.82 Å². The van der Waals surface area contributed by atoms with Crippen molar-refractivity contribution >= 4 is 22.0 Å². The van der Waals surface area contributed by atoms with E-state index in [1.165, 1.54) is 11.0 Å². The second kappa shape index (κ2) is 7.45. The van der Waals surface area contributed by atoms with Crippen LogP contribution in [0.2, 0.25) is 0 Å².